The molecule has 0 aromatic heterocycles. The topological polar surface area (TPSA) is 74.6 Å². The Bertz CT molecular complexity index is 728. The van der Waals surface area contributed by atoms with Gasteiger partial charge in [0.25, 0.3) is 0 Å². The first-order valence-electron chi connectivity index (χ1n) is 9.61. The zero-order chi connectivity index (χ0) is 18.9. The summed E-state index contributed by atoms with van der Waals surface area (Å²) in [6.07, 6.45) is 7.34. The van der Waals surface area contributed by atoms with Gasteiger partial charge in [-0.05, 0) is 56.1 Å². The Morgan fingerprint density at radius 1 is 1.35 bits per heavy atom. The molecule has 26 heavy (non-hydrogen) atoms. The lowest BCUT2D eigenvalue weighted by molar-refractivity contribution is -0.177. The number of hydrogen-bond acceptors (Lipinski definition) is 4. The summed E-state index contributed by atoms with van der Waals surface area (Å²) in [5, 5.41) is 22.2. The van der Waals surface area contributed by atoms with Gasteiger partial charge in [-0.2, -0.15) is 0 Å². The number of carbonyl (C=O) groups excluding carboxylic acids is 2. The minimum Gasteiger partial charge on any atom is -0.393 e. The zero-order valence-corrected chi connectivity index (χ0v) is 15.4. The molecule has 3 saturated carbocycles. The zero-order valence-electron chi connectivity index (χ0n) is 15.4. The lowest BCUT2D eigenvalue weighted by Gasteiger charge is -2.59. The summed E-state index contributed by atoms with van der Waals surface area (Å²) >= 11 is 0. The highest BCUT2D eigenvalue weighted by atomic mass is 19.1. The summed E-state index contributed by atoms with van der Waals surface area (Å²) in [6, 6.07) is 0. The van der Waals surface area contributed by atoms with Crippen molar-refractivity contribution >= 4 is 11.6 Å². The maximum absolute atomic E-state index is 13.1. The molecule has 0 saturated heterocycles. The average molecular weight is 362 g/mol. The van der Waals surface area contributed by atoms with E-state index >= 15 is 0 Å². The second kappa shape index (κ2) is 5.59. The highest BCUT2D eigenvalue weighted by Crippen LogP contribution is 2.67. The number of alkyl halides is 1. The number of carbonyl (C=O) groups is 2. The molecule has 2 N–H and O–H groups in total. The molecule has 0 amide bonds. The van der Waals surface area contributed by atoms with Crippen molar-refractivity contribution in [1.82, 2.24) is 0 Å². The molecular formula is C21H27FO4. The molecule has 4 aliphatic carbocycles. The number of fused-ring (bicyclic) bond motifs is 5. The monoisotopic (exact) mass is 362 g/mol. The Morgan fingerprint density at radius 3 is 2.77 bits per heavy atom. The molecule has 0 unspecified atom stereocenters. The Kier molecular flexibility index (Phi) is 3.88. The van der Waals surface area contributed by atoms with Crippen molar-refractivity contribution < 1.29 is 24.2 Å². The summed E-state index contributed by atoms with van der Waals surface area (Å²) in [4.78, 5) is 24.0. The molecule has 142 valence electrons. The third-order valence-electron chi connectivity index (χ3n) is 8.23. The summed E-state index contributed by atoms with van der Waals surface area (Å²) in [7, 11) is 0. The van der Waals surface area contributed by atoms with Crippen LogP contribution in [0.25, 0.3) is 0 Å². The van der Waals surface area contributed by atoms with Crippen LogP contribution in [0.4, 0.5) is 4.39 Å². The fourth-order valence-corrected chi connectivity index (χ4v) is 6.90. The predicted octanol–water partition coefficient (Wildman–Crippen LogP) is 2.53. The number of hydrogen-bond donors (Lipinski definition) is 2. The van der Waals surface area contributed by atoms with E-state index in [1.165, 1.54) is 0 Å². The molecule has 0 bridgehead atoms. The van der Waals surface area contributed by atoms with Crippen molar-refractivity contribution in [3.05, 3.63) is 23.8 Å². The normalized spacial score (nSPS) is 49.9. The smallest absolute Gasteiger partial charge is 0.195 e. The molecule has 4 aliphatic rings. The van der Waals surface area contributed by atoms with Gasteiger partial charge in [-0.3, -0.25) is 9.59 Å². The van der Waals surface area contributed by atoms with Crippen LogP contribution in [0, 0.1) is 28.6 Å². The van der Waals surface area contributed by atoms with Crippen molar-refractivity contribution in [3.63, 3.8) is 0 Å². The fraction of sp³-hybridized carbons (Fsp3) is 0.714. The molecule has 0 heterocycles. The SMILES string of the molecule is C[C@]12C=CC(=O)C=C1CC[C@@H]1[C@@H]2[C@@H](O)C[C@@]2(C)[C@H]1CC[C@]2(O)C(=O)CF. The average Bonchev–Trinajstić information content (AvgIpc) is 2.86. The van der Waals surface area contributed by atoms with Gasteiger partial charge in [0.15, 0.2) is 18.2 Å². The Morgan fingerprint density at radius 2 is 2.08 bits per heavy atom. The van der Waals surface area contributed by atoms with E-state index in [0.29, 0.717) is 6.42 Å². The predicted molar refractivity (Wildman–Crippen MR) is 93.9 cm³/mol. The van der Waals surface area contributed by atoms with E-state index in [1.807, 2.05) is 13.0 Å². The number of rotatable bonds is 2. The van der Waals surface area contributed by atoms with Crippen molar-refractivity contribution in [1.29, 1.82) is 0 Å². The van der Waals surface area contributed by atoms with E-state index in [1.54, 1.807) is 12.2 Å². The first-order chi connectivity index (χ1) is 12.2. The molecule has 4 nitrogen and oxygen atoms in total. The van der Waals surface area contributed by atoms with E-state index in [4.69, 9.17) is 0 Å². The molecule has 0 aliphatic heterocycles. The Hall–Kier alpha value is -1.33. The minimum absolute atomic E-state index is 0.00477. The standard InChI is InChI=1S/C21H27FO4/c1-19-7-5-13(23)9-12(19)3-4-14-15-6-8-21(26,17(25)11-22)20(15,2)10-16(24)18(14)19/h5,7,9,14-16,18,24,26H,3-4,6,8,10-11H2,1-2H3/t14-,15-,16-,18+,19-,20-,21-/m0/s1. The summed E-state index contributed by atoms with van der Waals surface area (Å²) in [6.45, 7) is 2.77. The number of aliphatic hydroxyl groups is 2. The van der Waals surface area contributed by atoms with Crippen LogP contribution in [-0.4, -0.2) is 40.2 Å². The molecular weight excluding hydrogens is 335 g/mol. The quantitative estimate of drug-likeness (QED) is 0.792. The largest absolute Gasteiger partial charge is 0.393 e. The molecule has 3 fully saturated rings. The third-order valence-corrected chi connectivity index (χ3v) is 8.23. The van der Waals surface area contributed by atoms with Crippen LogP contribution in [0.15, 0.2) is 23.8 Å². The molecule has 0 spiro atoms. The van der Waals surface area contributed by atoms with Crippen LogP contribution in [0.2, 0.25) is 0 Å². The van der Waals surface area contributed by atoms with Crippen LogP contribution < -0.4 is 0 Å². The van der Waals surface area contributed by atoms with E-state index in [-0.39, 0.29) is 41.8 Å². The summed E-state index contributed by atoms with van der Waals surface area (Å²) < 4.78 is 13.1. The van der Waals surface area contributed by atoms with Crippen molar-refractivity contribution in [2.24, 2.45) is 28.6 Å². The van der Waals surface area contributed by atoms with Gasteiger partial charge in [-0.25, -0.2) is 4.39 Å². The van der Waals surface area contributed by atoms with E-state index < -0.39 is 29.6 Å². The molecule has 7 atom stereocenters. The molecule has 0 aromatic carbocycles. The first kappa shape index (κ1) is 18.1. The second-order valence-corrected chi connectivity index (χ2v) is 9.17. The number of halogens is 1. The lowest BCUT2D eigenvalue weighted by atomic mass is 9.46. The number of aliphatic hydroxyl groups excluding tert-OH is 1. The summed E-state index contributed by atoms with van der Waals surface area (Å²) in [5.41, 5.74) is -1.79. The fourth-order valence-electron chi connectivity index (χ4n) is 6.90. The highest BCUT2D eigenvalue weighted by molar-refractivity contribution is 6.01. The van der Waals surface area contributed by atoms with Crippen LogP contribution in [0.5, 0.6) is 0 Å². The van der Waals surface area contributed by atoms with Crippen molar-refractivity contribution in [2.75, 3.05) is 6.67 Å². The van der Waals surface area contributed by atoms with Gasteiger partial charge in [0.2, 0.25) is 0 Å². The number of Topliss-reactive ketones (excluding diaryl/α,β-unsaturated/α-hetero) is 1. The molecule has 5 heteroatoms. The number of allylic oxidation sites excluding steroid dienone is 4. The van der Waals surface area contributed by atoms with Gasteiger partial charge >= 0.3 is 0 Å². The van der Waals surface area contributed by atoms with Crippen LogP contribution in [0.1, 0.15) is 46.0 Å². The number of ketones is 2. The maximum Gasteiger partial charge on any atom is 0.195 e. The molecule has 0 radical (unpaired) electrons. The van der Waals surface area contributed by atoms with Crippen LogP contribution >= 0.6 is 0 Å². The molecule has 4 rings (SSSR count). The van der Waals surface area contributed by atoms with Crippen molar-refractivity contribution in [2.45, 2.75) is 57.7 Å². The van der Waals surface area contributed by atoms with Gasteiger partial charge in [0.1, 0.15) is 5.60 Å². The summed E-state index contributed by atoms with van der Waals surface area (Å²) in [5.74, 6) is -0.590. The van der Waals surface area contributed by atoms with Crippen LogP contribution in [-0.2, 0) is 9.59 Å². The Balaban J connectivity index is 1.75. The third kappa shape index (κ3) is 2.07. The van der Waals surface area contributed by atoms with Gasteiger partial charge < -0.3 is 10.2 Å². The van der Waals surface area contributed by atoms with E-state index in [2.05, 4.69) is 6.92 Å². The van der Waals surface area contributed by atoms with E-state index in [0.717, 1.165) is 18.4 Å². The minimum atomic E-state index is -1.69. The van der Waals surface area contributed by atoms with E-state index in [9.17, 15) is 24.2 Å². The second-order valence-electron chi connectivity index (χ2n) is 9.17. The van der Waals surface area contributed by atoms with Gasteiger partial charge in [-0.15, -0.1) is 0 Å². The lowest BCUT2D eigenvalue weighted by Crippen LogP contribution is -2.61. The maximum atomic E-state index is 13.1. The van der Waals surface area contributed by atoms with Gasteiger partial charge in [0.05, 0.1) is 6.10 Å². The molecule has 0 aromatic rings. The van der Waals surface area contributed by atoms with Gasteiger partial charge in [0, 0.05) is 16.7 Å². The van der Waals surface area contributed by atoms with Gasteiger partial charge in [-0.1, -0.05) is 25.5 Å². The van der Waals surface area contributed by atoms with Crippen LogP contribution in [0.3, 0.4) is 0 Å². The first-order valence-corrected chi connectivity index (χ1v) is 9.61. The van der Waals surface area contributed by atoms with Crippen molar-refractivity contribution in [3.8, 4) is 0 Å². The highest BCUT2D eigenvalue weighted by Gasteiger charge is 2.68. The Labute approximate surface area is 153 Å².